The molecule has 0 unspecified atom stereocenters. The lowest BCUT2D eigenvalue weighted by Gasteiger charge is -2.10. The van der Waals surface area contributed by atoms with Gasteiger partial charge in [-0.05, 0) is 49.8 Å². The van der Waals surface area contributed by atoms with Crippen molar-refractivity contribution in [1.29, 1.82) is 0 Å². The first-order valence-corrected chi connectivity index (χ1v) is 11.0. The van der Waals surface area contributed by atoms with E-state index in [2.05, 4.69) is 31.2 Å². The van der Waals surface area contributed by atoms with Crippen molar-refractivity contribution in [1.82, 2.24) is 19.9 Å². The molecule has 33 heavy (non-hydrogen) atoms. The number of anilines is 1. The SMILES string of the molecule is CN(C)CCNc1ncc(-c2cc(-c3ccc4c(c3)CCC4=O)c(-c3ccncc3)o2)cn1. The van der Waals surface area contributed by atoms with Crippen LogP contribution in [-0.2, 0) is 6.42 Å². The largest absolute Gasteiger partial charge is 0.455 e. The van der Waals surface area contributed by atoms with Crippen LogP contribution in [0.25, 0.3) is 33.8 Å². The van der Waals surface area contributed by atoms with Crippen LogP contribution >= 0.6 is 0 Å². The second kappa shape index (κ2) is 8.96. The van der Waals surface area contributed by atoms with Crippen molar-refractivity contribution in [2.24, 2.45) is 0 Å². The van der Waals surface area contributed by atoms with Crippen LogP contribution in [0.1, 0.15) is 22.3 Å². The maximum atomic E-state index is 12.1. The summed E-state index contributed by atoms with van der Waals surface area (Å²) in [6.07, 6.45) is 8.41. The molecular formula is C26H25N5O2. The van der Waals surface area contributed by atoms with E-state index in [4.69, 9.17) is 4.42 Å². The number of nitrogens with one attached hydrogen (secondary N) is 1. The lowest BCUT2D eigenvalue weighted by atomic mass is 9.98. The first kappa shape index (κ1) is 21.0. The van der Waals surface area contributed by atoms with Crippen LogP contribution in [-0.4, -0.2) is 52.8 Å². The summed E-state index contributed by atoms with van der Waals surface area (Å²) in [6.45, 7) is 1.67. The third-order valence-corrected chi connectivity index (χ3v) is 5.79. The minimum atomic E-state index is 0.218. The average Bonchev–Trinajstić information content (AvgIpc) is 3.44. The van der Waals surface area contributed by atoms with Crippen LogP contribution in [0.3, 0.4) is 0 Å². The minimum absolute atomic E-state index is 0.218. The quantitative estimate of drug-likeness (QED) is 0.452. The molecular weight excluding hydrogens is 414 g/mol. The second-order valence-corrected chi connectivity index (χ2v) is 8.41. The number of nitrogens with zero attached hydrogens (tertiary/aromatic N) is 4. The van der Waals surface area contributed by atoms with Crippen LogP contribution in [0, 0.1) is 0 Å². The number of furan rings is 1. The van der Waals surface area contributed by atoms with Gasteiger partial charge in [0.25, 0.3) is 0 Å². The van der Waals surface area contributed by atoms with Gasteiger partial charge in [-0.15, -0.1) is 0 Å². The van der Waals surface area contributed by atoms with Gasteiger partial charge in [-0.2, -0.15) is 0 Å². The van der Waals surface area contributed by atoms with Gasteiger partial charge in [-0.25, -0.2) is 9.97 Å². The first-order valence-electron chi connectivity index (χ1n) is 11.0. The molecule has 1 aromatic carbocycles. The molecule has 0 aliphatic heterocycles. The normalized spacial score (nSPS) is 12.9. The van der Waals surface area contributed by atoms with Gasteiger partial charge in [0, 0.05) is 61.0 Å². The molecule has 1 aliphatic rings. The fourth-order valence-electron chi connectivity index (χ4n) is 4.03. The molecule has 4 aromatic rings. The highest BCUT2D eigenvalue weighted by atomic mass is 16.3. The Morgan fingerprint density at radius 3 is 2.48 bits per heavy atom. The number of fused-ring (bicyclic) bond motifs is 1. The van der Waals surface area contributed by atoms with E-state index in [1.54, 1.807) is 24.8 Å². The van der Waals surface area contributed by atoms with Gasteiger partial charge in [-0.3, -0.25) is 9.78 Å². The van der Waals surface area contributed by atoms with E-state index in [-0.39, 0.29) is 5.78 Å². The van der Waals surface area contributed by atoms with Crippen molar-refractivity contribution in [2.75, 3.05) is 32.5 Å². The maximum Gasteiger partial charge on any atom is 0.222 e. The molecule has 1 aliphatic carbocycles. The highest BCUT2D eigenvalue weighted by Gasteiger charge is 2.22. The molecule has 0 bridgehead atoms. The summed E-state index contributed by atoms with van der Waals surface area (Å²) >= 11 is 0. The molecule has 1 N–H and O–H groups in total. The van der Waals surface area contributed by atoms with Gasteiger partial charge < -0.3 is 14.6 Å². The Labute approximate surface area is 192 Å². The van der Waals surface area contributed by atoms with Crippen LogP contribution in [0.4, 0.5) is 5.95 Å². The number of pyridine rings is 1. The standard InChI is InChI=1S/C26H25N5O2/c1-31(2)12-11-28-26-29-15-20(16-30-26)24-14-22(25(33-24)17-7-9-27-10-8-17)19-3-5-21-18(13-19)4-6-23(21)32/h3,5,7-10,13-16H,4,6,11-12H2,1-2H3,(H,28,29,30). The molecule has 166 valence electrons. The zero-order chi connectivity index (χ0) is 22.8. The molecule has 3 heterocycles. The lowest BCUT2D eigenvalue weighted by Crippen LogP contribution is -2.21. The molecule has 0 radical (unpaired) electrons. The Morgan fingerprint density at radius 1 is 0.939 bits per heavy atom. The van der Waals surface area contributed by atoms with E-state index in [1.807, 2.05) is 44.4 Å². The summed E-state index contributed by atoms with van der Waals surface area (Å²) in [5.41, 5.74) is 5.65. The van der Waals surface area contributed by atoms with Gasteiger partial charge in [0.05, 0.1) is 5.56 Å². The zero-order valence-corrected chi connectivity index (χ0v) is 18.7. The molecule has 5 rings (SSSR count). The van der Waals surface area contributed by atoms with E-state index in [0.29, 0.717) is 18.1 Å². The third kappa shape index (κ3) is 4.40. The van der Waals surface area contributed by atoms with Crippen molar-refractivity contribution in [3.63, 3.8) is 0 Å². The molecule has 0 saturated carbocycles. The first-order chi connectivity index (χ1) is 16.1. The molecule has 0 atom stereocenters. The Balaban J connectivity index is 1.50. The van der Waals surface area contributed by atoms with Crippen LogP contribution in [0.2, 0.25) is 0 Å². The van der Waals surface area contributed by atoms with Gasteiger partial charge in [0.1, 0.15) is 11.5 Å². The van der Waals surface area contributed by atoms with E-state index < -0.39 is 0 Å². The Morgan fingerprint density at radius 2 is 1.73 bits per heavy atom. The predicted octanol–water partition coefficient (Wildman–Crippen LogP) is 4.57. The number of aromatic nitrogens is 3. The lowest BCUT2D eigenvalue weighted by molar-refractivity contribution is 0.0994. The predicted molar refractivity (Wildman–Crippen MR) is 128 cm³/mol. The number of rotatable bonds is 7. The summed E-state index contributed by atoms with van der Waals surface area (Å²) in [6, 6.07) is 11.9. The topological polar surface area (TPSA) is 84.2 Å². The number of likely N-dealkylation sites (N-methyl/N-ethyl adjacent to an activating group) is 1. The number of hydrogen-bond acceptors (Lipinski definition) is 7. The molecule has 3 aromatic heterocycles. The van der Waals surface area contributed by atoms with Gasteiger partial charge in [0.2, 0.25) is 5.95 Å². The average molecular weight is 440 g/mol. The summed E-state index contributed by atoms with van der Waals surface area (Å²) in [5.74, 6) is 2.25. The molecule has 0 fully saturated rings. The molecule has 0 saturated heterocycles. The minimum Gasteiger partial charge on any atom is -0.455 e. The summed E-state index contributed by atoms with van der Waals surface area (Å²) in [7, 11) is 4.05. The van der Waals surface area contributed by atoms with Crippen LogP contribution < -0.4 is 5.32 Å². The van der Waals surface area contributed by atoms with Gasteiger partial charge in [-0.1, -0.05) is 18.2 Å². The van der Waals surface area contributed by atoms with E-state index >= 15 is 0 Å². The number of carbonyl (C=O) groups is 1. The molecule has 0 spiro atoms. The third-order valence-electron chi connectivity index (χ3n) is 5.79. The zero-order valence-electron chi connectivity index (χ0n) is 18.7. The van der Waals surface area contributed by atoms with Crippen LogP contribution in [0.15, 0.2) is 65.6 Å². The monoisotopic (exact) mass is 439 g/mol. The highest BCUT2D eigenvalue weighted by molar-refractivity contribution is 6.01. The number of Topliss-reactive ketones (excluding diaryl/α,β-unsaturated/α-hetero) is 1. The van der Waals surface area contributed by atoms with Crippen molar-refractivity contribution < 1.29 is 9.21 Å². The van der Waals surface area contributed by atoms with Gasteiger partial charge in [0.15, 0.2) is 5.78 Å². The number of benzene rings is 1. The fraction of sp³-hybridized carbons (Fsp3) is 0.231. The van der Waals surface area contributed by atoms with E-state index in [9.17, 15) is 4.79 Å². The number of carbonyl (C=O) groups excluding carboxylic acids is 1. The van der Waals surface area contributed by atoms with Crippen molar-refractivity contribution >= 4 is 11.7 Å². The smallest absolute Gasteiger partial charge is 0.222 e. The summed E-state index contributed by atoms with van der Waals surface area (Å²) < 4.78 is 6.33. The molecule has 7 heteroatoms. The number of ketones is 1. The summed E-state index contributed by atoms with van der Waals surface area (Å²) in [5, 5.41) is 3.22. The Kier molecular flexibility index (Phi) is 5.71. The van der Waals surface area contributed by atoms with Gasteiger partial charge >= 0.3 is 0 Å². The van der Waals surface area contributed by atoms with E-state index in [1.165, 1.54) is 0 Å². The molecule has 7 nitrogen and oxygen atoms in total. The van der Waals surface area contributed by atoms with E-state index in [0.717, 1.165) is 58.7 Å². The summed E-state index contributed by atoms with van der Waals surface area (Å²) in [4.78, 5) is 27.2. The highest BCUT2D eigenvalue weighted by Crippen LogP contribution is 2.39. The Bertz CT molecular complexity index is 1280. The van der Waals surface area contributed by atoms with Crippen molar-refractivity contribution in [3.8, 4) is 33.8 Å². The maximum absolute atomic E-state index is 12.1. The fourth-order valence-corrected chi connectivity index (χ4v) is 4.03. The van der Waals surface area contributed by atoms with Crippen LogP contribution in [0.5, 0.6) is 0 Å². The number of hydrogen-bond donors (Lipinski definition) is 1. The second-order valence-electron chi connectivity index (χ2n) is 8.41. The van der Waals surface area contributed by atoms with Crippen molar-refractivity contribution in [2.45, 2.75) is 12.8 Å². The molecule has 0 amide bonds. The van der Waals surface area contributed by atoms with Crippen molar-refractivity contribution in [3.05, 3.63) is 72.3 Å². The number of aryl methyl sites for hydroxylation is 1. The Hall–Kier alpha value is -3.84.